The number of guanidine groups is 1. The van der Waals surface area contributed by atoms with Crippen LogP contribution in [0.15, 0.2) is 35.3 Å². The van der Waals surface area contributed by atoms with Crippen molar-refractivity contribution >= 4 is 29.9 Å². The molecule has 1 aromatic rings. The van der Waals surface area contributed by atoms with Gasteiger partial charge in [0.15, 0.2) is 5.96 Å². The van der Waals surface area contributed by atoms with Crippen LogP contribution in [0.3, 0.4) is 0 Å². The highest BCUT2D eigenvalue weighted by Gasteiger charge is 2.08. The van der Waals surface area contributed by atoms with Gasteiger partial charge in [-0.1, -0.05) is 37.3 Å². The maximum atomic E-state index is 4.10. The van der Waals surface area contributed by atoms with Crippen molar-refractivity contribution in [3.63, 3.8) is 0 Å². The summed E-state index contributed by atoms with van der Waals surface area (Å²) in [6.45, 7) is 3.12. The molecule has 3 nitrogen and oxygen atoms in total. The zero-order chi connectivity index (χ0) is 11.8. The van der Waals surface area contributed by atoms with Gasteiger partial charge in [-0.05, 0) is 12.0 Å². The van der Waals surface area contributed by atoms with Crippen LogP contribution in [0.2, 0.25) is 0 Å². The number of halogens is 1. The first-order chi connectivity index (χ1) is 7.81. The summed E-state index contributed by atoms with van der Waals surface area (Å²) in [7, 11) is 3.65. The van der Waals surface area contributed by atoms with E-state index in [1.54, 1.807) is 7.05 Å². The third-order valence-electron chi connectivity index (χ3n) is 2.74. The van der Waals surface area contributed by atoms with Gasteiger partial charge in [-0.15, -0.1) is 24.0 Å². The van der Waals surface area contributed by atoms with Crippen molar-refractivity contribution in [3.8, 4) is 0 Å². The molecule has 0 aliphatic heterocycles. The Morgan fingerprint density at radius 3 is 2.41 bits per heavy atom. The molecule has 0 bridgehead atoms. The molecule has 0 amide bonds. The van der Waals surface area contributed by atoms with E-state index in [0.29, 0.717) is 5.92 Å². The predicted octanol–water partition coefficient (Wildman–Crippen LogP) is 2.59. The predicted molar refractivity (Wildman–Crippen MR) is 85.3 cm³/mol. The highest BCUT2D eigenvalue weighted by molar-refractivity contribution is 14.0. The zero-order valence-electron chi connectivity index (χ0n) is 10.7. The van der Waals surface area contributed by atoms with E-state index in [-0.39, 0.29) is 24.0 Å². The van der Waals surface area contributed by atoms with Crippen LogP contribution in [0.1, 0.15) is 24.8 Å². The average molecular weight is 347 g/mol. The summed E-state index contributed by atoms with van der Waals surface area (Å²) < 4.78 is 0. The maximum absolute atomic E-state index is 4.10. The van der Waals surface area contributed by atoms with Gasteiger partial charge in [-0.2, -0.15) is 0 Å². The van der Waals surface area contributed by atoms with Crippen LogP contribution >= 0.6 is 24.0 Å². The summed E-state index contributed by atoms with van der Waals surface area (Å²) in [6.07, 6.45) is 1.12. The molecular weight excluding hydrogens is 325 g/mol. The Morgan fingerprint density at radius 1 is 1.29 bits per heavy atom. The molecule has 1 rings (SSSR count). The number of benzene rings is 1. The van der Waals surface area contributed by atoms with E-state index in [9.17, 15) is 0 Å². The Kier molecular flexibility index (Phi) is 8.85. The Balaban J connectivity index is 0.00000256. The van der Waals surface area contributed by atoms with Gasteiger partial charge in [0, 0.05) is 26.6 Å². The molecule has 0 radical (unpaired) electrons. The van der Waals surface area contributed by atoms with Gasteiger partial charge in [0.05, 0.1) is 0 Å². The molecule has 0 aliphatic rings. The Hall–Kier alpha value is -0.780. The van der Waals surface area contributed by atoms with Crippen LogP contribution in [-0.2, 0) is 0 Å². The van der Waals surface area contributed by atoms with Crippen LogP contribution in [0.25, 0.3) is 0 Å². The first-order valence-electron chi connectivity index (χ1n) is 5.75. The molecule has 2 N–H and O–H groups in total. The number of hydrogen-bond acceptors (Lipinski definition) is 1. The molecule has 0 heterocycles. The zero-order valence-corrected chi connectivity index (χ0v) is 13.1. The normalized spacial score (nSPS) is 12.5. The highest BCUT2D eigenvalue weighted by atomic mass is 127. The lowest BCUT2D eigenvalue weighted by atomic mass is 9.97. The van der Waals surface area contributed by atoms with E-state index in [2.05, 4.69) is 52.9 Å². The van der Waals surface area contributed by atoms with E-state index < -0.39 is 0 Å². The molecule has 1 aromatic carbocycles. The summed E-state index contributed by atoms with van der Waals surface area (Å²) in [5.41, 5.74) is 1.38. The van der Waals surface area contributed by atoms with Crippen LogP contribution in [0, 0.1) is 0 Å². The van der Waals surface area contributed by atoms with Crippen molar-refractivity contribution in [1.29, 1.82) is 0 Å². The largest absolute Gasteiger partial charge is 0.359 e. The van der Waals surface area contributed by atoms with Crippen molar-refractivity contribution in [1.82, 2.24) is 10.6 Å². The first-order valence-corrected chi connectivity index (χ1v) is 5.75. The lowest BCUT2D eigenvalue weighted by molar-refractivity contribution is 0.633. The van der Waals surface area contributed by atoms with Gasteiger partial charge < -0.3 is 10.6 Å². The van der Waals surface area contributed by atoms with E-state index in [1.807, 2.05) is 7.05 Å². The van der Waals surface area contributed by atoms with Gasteiger partial charge in [0.1, 0.15) is 0 Å². The molecule has 17 heavy (non-hydrogen) atoms. The molecule has 1 atom stereocenters. The summed E-state index contributed by atoms with van der Waals surface area (Å²) in [6, 6.07) is 10.6. The standard InChI is InChI=1S/C13H21N3.HI/c1-4-11(10-16-13(14-2)15-3)12-8-6-5-7-9-12;/h5-9,11H,4,10H2,1-3H3,(H2,14,15,16);1H. The number of rotatable bonds is 4. The molecule has 0 saturated heterocycles. The minimum atomic E-state index is 0. The lowest BCUT2D eigenvalue weighted by Crippen LogP contribution is -2.37. The van der Waals surface area contributed by atoms with Gasteiger partial charge in [-0.3, -0.25) is 4.99 Å². The Morgan fingerprint density at radius 2 is 1.94 bits per heavy atom. The monoisotopic (exact) mass is 347 g/mol. The molecule has 4 heteroatoms. The van der Waals surface area contributed by atoms with Gasteiger partial charge in [0.2, 0.25) is 0 Å². The number of hydrogen-bond donors (Lipinski definition) is 2. The topological polar surface area (TPSA) is 36.4 Å². The molecule has 0 spiro atoms. The Bertz CT molecular complexity index is 325. The van der Waals surface area contributed by atoms with Crippen LogP contribution in [-0.4, -0.2) is 26.6 Å². The highest BCUT2D eigenvalue weighted by Crippen LogP contribution is 2.17. The van der Waals surface area contributed by atoms with Gasteiger partial charge in [0.25, 0.3) is 0 Å². The fourth-order valence-corrected chi connectivity index (χ4v) is 1.72. The number of nitrogens with one attached hydrogen (secondary N) is 2. The fraction of sp³-hybridized carbons (Fsp3) is 0.462. The van der Waals surface area contributed by atoms with Crippen molar-refractivity contribution in [3.05, 3.63) is 35.9 Å². The van der Waals surface area contributed by atoms with E-state index in [0.717, 1.165) is 18.9 Å². The SMILES string of the molecule is CCC(CNC(=NC)NC)c1ccccc1.I. The molecule has 0 fully saturated rings. The third-order valence-corrected chi connectivity index (χ3v) is 2.74. The summed E-state index contributed by atoms with van der Waals surface area (Å²) in [5, 5.41) is 6.33. The quantitative estimate of drug-likeness (QED) is 0.499. The molecule has 1 unspecified atom stereocenters. The van der Waals surface area contributed by atoms with E-state index in [1.165, 1.54) is 5.56 Å². The molecule has 0 aromatic heterocycles. The molecule has 0 aliphatic carbocycles. The maximum Gasteiger partial charge on any atom is 0.190 e. The molecule has 96 valence electrons. The van der Waals surface area contributed by atoms with E-state index >= 15 is 0 Å². The minimum absolute atomic E-state index is 0. The summed E-state index contributed by atoms with van der Waals surface area (Å²) >= 11 is 0. The molecular formula is C13H22IN3. The smallest absolute Gasteiger partial charge is 0.190 e. The summed E-state index contributed by atoms with van der Waals surface area (Å²) in [5.74, 6) is 1.38. The summed E-state index contributed by atoms with van der Waals surface area (Å²) in [4.78, 5) is 4.10. The third kappa shape index (κ3) is 5.39. The first kappa shape index (κ1) is 16.2. The van der Waals surface area contributed by atoms with Gasteiger partial charge >= 0.3 is 0 Å². The number of aliphatic imine (C=N–C) groups is 1. The van der Waals surface area contributed by atoms with E-state index in [4.69, 9.17) is 0 Å². The molecule has 0 saturated carbocycles. The second-order valence-corrected chi connectivity index (χ2v) is 3.72. The van der Waals surface area contributed by atoms with Gasteiger partial charge in [-0.25, -0.2) is 0 Å². The van der Waals surface area contributed by atoms with Crippen LogP contribution in [0.5, 0.6) is 0 Å². The lowest BCUT2D eigenvalue weighted by Gasteiger charge is -2.17. The van der Waals surface area contributed by atoms with Crippen molar-refractivity contribution in [2.45, 2.75) is 19.3 Å². The van der Waals surface area contributed by atoms with Crippen molar-refractivity contribution in [2.24, 2.45) is 4.99 Å². The van der Waals surface area contributed by atoms with Crippen molar-refractivity contribution in [2.75, 3.05) is 20.6 Å². The van der Waals surface area contributed by atoms with Crippen molar-refractivity contribution < 1.29 is 0 Å². The fourth-order valence-electron chi connectivity index (χ4n) is 1.72. The average Bonchev–Trinajstić information content (AvgIpc) is 2.36. The van der Waals surface area contributed by atoms with Crippen LogP contribution < -0.4 is 10.6 Å². The second-order valence-electron chi connectivity index (χ2n) is 3.72. The second kappa shape index (κ2) is 9.27. The van der Waals surface area contributed by atoms with Crippen LogP contribution in [0.4, 0.5) is 0 Å². The number of nitrogens with zero attached hydrogens (tertiary/aromatic N) is 1. The Labute approximate surface area is 121 Å². The minimum Gasteiger partial charge on any atom is -0.359 e.